The number of nitrogens with zero attached hydrogens (tertiary/aromatic N) is 1. The van der Waals surface area contributed by atoms with Gasteiger partial charge in [0, 0.05) is 25.2 Å². The van der Waals surface area contributed by atoms with E-state index in [0.29, 0.717) is 11.3 Å². The molecule has 3 heteroatoms. The summed E-state index contributed by atoms with van der Waals surface area (Å²) in [5.74, 6) is 0.705. The summed E-state index contributed by atoms with van der Waals surface area (Å²) < 4.78 is 5.60. The van der Waals surface area contributed by atoms with Crippen LogP contribution in [0.25, 0.3) is 0 Å². The van der Waals surface area contributed by atoms with Crippen LogP contribution >= 0.6 is 0 Å². The molecule has 1 aliphatic carbocycles. The normalized spacial score (nSPS) is 36.2. The van der Waals surface area contributed by atoms with Crippen molar-refractivity contribution in [2.75, 3.05) is 33.4 Å². The van der Waals surface area contributed by atoms with Crippen LogP contribution in [-0.4, -0.2) is 43.8 Å². The van der Waals surface area contributed by atoms with Gasteiger partial charge in [0.1, 0.15) is 0 Å². The monoisotopic (exact) mass is 254 g/mol. The topological polar surface area (TPSA) is 38.5 Å². The molecule has 1 heterocycles. The van der Waals surface area contributed by atoms with Gasteiger partial charge in [-0.05, 0) is 50.5 Å². The Bertz CT molecular complexity index is 274. The van der Waals surface area contributed by atoms with Gasteiger partial charge in [0.05, 0.1) is 6.61 Å². The summed E-state index contributed by atoms with van der Waals surface area (Å²) in [4.78, 5) is 2.54. The van der Waals surface area contributed by atoms with Crippen molar-refractivity contribution in [1.29, 1.82) is 0 Å². The Morgan fingerprint density at radius 3 is 2.61 bits per heavy atom. The minimum Gasteiger partial charge on any atom is -0.381 e. The van der Waals surface area contributed by atoms with E-state index >= 15 is 0 Å². The molecule has 1 saturated carbocycles. The molecular formula is C15H30N2O. The quantitative estimate of drug-likeness (QED) is 0.836. The number of nitrogens with two attached hydrogens (primary N) is 1. The van der Waals surface area contributed by atoms with Crippen LogP contribution in [-0.2, 0) is 4.74 Å². The SMILES string of the molecule is CN(CC1CCCOC1)C1(CN)CCC(C)(C)C1. The van der Waals surface area contributed by atoms with Gasteiger partial charge in [-0.3, -0.25) is 4.90 Å². The standard InChI is InChI=1S/C15H30N2O/c1-14(2)6-7-15(11-14,12-16)17(3)9-13-5-4-8-18-10-13/h13H,4-12,16H2,1-3H3. The lowest BCUT2D eigenvalue weighted by molar-refractivity contribution is 0.0195. The van der Waals surface area contributed by atoms with Crippen molar-refractivity contribution in [3.05, 3.63) is 0 Å². The molecular weight excluding hydrogens is 224 g/mol. The van der Waals surface area contributed by atoms with Crippen LogP contribution < -0.4 is 5.73 Å². The van der Waals surface area contributed by atoms with Gasteiger partial charge in [0.25, 0.3) is 0 Å². The van der Waals surface area contributed by atoms with E-state index in [-0.39, 0.29) is 5.54 Å². The molecule has 0 aromatic heterocycles. The average Bonchev–Trinajstić information content (AvgIpc) is 2.68. The van der Waals surface area contributed by atoms with Crippen molar-refractivity contribution in [3.8, 4) is 0 Å². The van der Waals surface area contributed by atoms with Crippen molar-refractivity contribution in [3.63, 3.8) is 0 Å². The third-order valence-corrected chi connectivity index (χ3v) is 5.05. The van der Waals surface area contributed by atoms with E-state index in [9.17, 15) is 0 Å². The highest BCUT2D eigenvalue weighted by molar-refractivity contribution is 5.01. The lowest BCUT2D eigenvalue weighted by atomic mass is 9.86. The minimum absolute atomic E-state index is 0.237. The van der Waals surface area contributed by atoms with E-state index in [2.05, 4.69) is 25.8 Å². The molecule has 106 valence electrons. The Morgan fingerprint density at radius 2 is 2.11 bits per heavy atom. The Balaban J connectivity index is 1.95. The van der Waals surface area contributed by atoms with E-state index in [1.54, 1.807) is 0 Å². The van der Waals surface area contributed by atoms with Crippen molar-refractivity contribution in [2.45, 2.75) is 51.5 Å². The maximum atomic E-state index is 6.12. The summed E-state index contributed by atoms with van der Waals surface area (Å²) in [6.07, 6.45) is 6.32. The highest BCUT2D eigenvalue weighted by Crippen LogP contribution is 2.46. The maximum Gasteiger partial charge on any atom is 0.0506 e. The molecule has 1 aliphatic heterocycles. The smallest absolute Gasteiger partial charge is 0.0506 e. The van der Waals surface area contributed by atoms with Crippen LogP contribution in [0.5, 0.6) is 0 Å². The van der Waals surface area contributed by atoms with E-state index < -0.39 is 0 Å². The molecule has 2 fully saturated rings. The fraction of sp³-hybridized carbons (Fsp3) is 1.00. The Hall–Kier alpha value is -0.120. The summed E-state index contributed by atoms with van der Waals surface area (Å²) in [5.41, 5.74) is 6.82. The van der Waals surface area contributed by atoms with Crippen LogP contribution in [0.3, 0.4) is 0 Å². The number of hydrogen-bond donors (Lipinski definition) is 1. The molecule has 2 atom stereocenters. The maximum absolute atomic E-state index is 6.12. The van der Waals surface area contributed by atoms with Gasteiger partial charge in [-0.15, -0.1) is 0 Å². The molecule has 1 saturated heterocycles. The van der Waals surface area contributed by atoms with Gasteiger partial charge in [0.2, 0.25) is 0 Å². The predicted molar refractivity (Wildman–Crippen MR) is 75.6 cm³/mol. The van der Waals surface area contributed by atoms with Crippen LogP contribution in [0, 0.1) is 11.3 Å². The Morgan fingerprint density at radius 1 is 1.33 bits per heavy atom. The first-order chi connectivity index (χ1) is 8.47. The fourth-order valence-electron chi connectivity index (χ4n) is 3.83. The van der Waals surface area contributed by atoms with Crippen LogP contribution in [0.15, 0.2) is 0 Å². The second kappa shape index (κ2) is 5.48. The first kappa shape index (κ1) is 14.3. The number of ether oxygens (including phenoxy) is 1. The predicted octanol–water partition coefficient (Wildman–Crippen LogP) is 2.25. The van der Waals surface area contributed by atoms with Crippen LogP contribution in [0.4, 0.5) is 0 Å². The lowest BCUT2D eigenvalue weighted by Crippen LogP contribution is -2.52. The molecule has 0 bridgehead atoms. The van der Waals surface area contributed by atoms with E-state index in [1.807, 2.05) is 0 Å². The number of likely N-dealkylation sites (N-methyl/N-ethyl adjacent to an activating group) is 1. The lowest BCUT2D eigenvalue weighted by Gasteiger charge is -2.41. The molecule has 2 aliphatic rings. The van der Waals surface area contributed by atoms with Crippen molar-refractivity contribution in [2.24, 2.45) is 17.1 Å². The molecule has 0 amide bonds. The van der Waals surface area contributed by atoms with Crippen molar-refractivity contribution >= 4 is 0 Å². The molecule has 2 N–H and O–H groups in total. The molecule has 0 spiro atoms. The summed E-state index contributed by atoms with van der Waals surface area (Å²) >= 11 is 0. The van der Waals surface area contributed by atoms with Gasteiger partial charge in [-0.2, -0.15) is 0 Å². The number of hydrogen-bond acceptors (Lipinski definition) is 3. The third-order valence-electron chi connectivity index (χ3n) is 5.05. The van der Waals surface area contributed by atoms with E-state index in [0.717, 1.165) is 26.3 Å². The molecule has 2 rings (SSSR count). The van der Waals surface area contributed by atoms with Crippen molar-refractivity contribution in [1.82, 2.24) is 4.90 Å². The zero-order valence-electron chi connectivity index (χ0n) is 12.4. The van der Waals surface area contributed by atoms with E-state index in [1.165, 1.54) is 32.1 Å². The Labute approximate surface area is 112 Å². The second-order valence-corrected chi connectivity index (χ2v) is 7.23. The van der Waals surface area contributed by atoms with Gasteiger partial charge in [-0.1, -0.05) is 13.8 Å². The first-order valence-electron chi connectivity index (χ1n) is 7.47. The van der Waals surface area contributed by atoms with Crippen LogP contribution in [0.1, 0.15) is 46.0 Å². The van der Waals surface area contributed by atoms with Gasteiger partial charge in [-0.25, -0.2) is 0 Å². The molecule has 3 nitrogen and oxygen atoms in total. The summed E-state index contributed by atoms with van der Waals surface area (Å²) in [5, 5.41) is 0. The summed E-state index contributed by atoms with van der Waals surface area (Å²) in [6, 6.07) is 0. The second-order valence-electron chi connectivity index (χ2n) is 7.23. The zero-order valence-corrected chi connectivity index (χ0v) is 12.4. The number of rotatable bonds is 4. The third kappa shape index (κ3) is 3.06. The van der Waals surface area contributed by atoms with Gasteiger partial charge in [0.15, 0.2) is 0 Å². The summed E-state index contributed by atoms with van der Waals surface area (Å²) in [7, 11) is 2.27. The van der Waals surface area contributed by atoms with Gasteiger partial charge >= 0.3 is 0 Å². The zero-order chi connectivity index (χ0) is 13.2. The molecule has 2 unspecified atom stereocenters. The van der Waals surface area contributed by atoms with Crippen LogP contribution in [0.2, 0.25) is 0 Å². The molecule has 0 aromatic rings. The minimum atomic E-state index is 0.237. The fourth-order valence-corrected chi connectivity index (χ4v) is 3.83. The first-order valence-corrected chi connectivity index (χ1v) is 7.47. The van der Waals surface area contributed by atoms with Crippen molar-refractivity contribution < 1.29 is 4.74 Å². The molecule has 18 heavy (non-hydrogen) atoms. The highest BCUT2D eigenvalue weighted by Gasteiger charge is 2.45. The average molecular weight is 254 g/mol. The summed E-state index contributed by atoms with van der Waals surface area (Å²) in [6.45, 7) is 8.58. The largest absolute Gasteiger partial charge is 0.381 e. The van der Waals surface area contributed by atoms with E-state index in [4.69, 9.17) is 10.5 Å². The molecule has 0 aromatic carbocycles. The van der Waals surface area contributed by atoms with Gasteiger partial charge < -0.3 is 10.5 Å². The Kier molecular flexibility index (Phi) is 4.35. The highest BCUT2D eigenvalue weighted by atomic mass is 16.5. The molecule has 0 radical (unpaired) electrons.